The molecule has 0 spiro atoms. The average molecular weight is 343 g/mol. The molecule has 1 aliphatic carbocycles. The van der Waals surface area contributed by atoms with Gasteiger partial charge in [0.15, 0.2) is 0 Å². The van der Waals surface area contributed by atoms with E-state index in [2.05, 4.69) is 37.3 Å². The van der Waals surface area contributed by atoms with Crippen LogP contribution in [-0.2, 0) is 6.42 Å². The highest BCUT2D eigenvalue weighted by Gasteiger charge is 2.20. The monoisotopic (exact) mass is 342 g/mol. The molecule has 0 saturated heterocycles. The maximum Gasteiger partial charge on any atom is 0.119 e. The zero-order valence-corrected chi connectivity index (χ0v) is 15.5. The third-order valence-corrected chi connectivity index (χ3v) is 5.55. The lowest BCUT2D eigenvalue weighted by Crippen LogP contribution is -2.11. The van der Waals surface area contributed by atoms with Gasteiger partial charge in [-0.2, -0.15) is 0 Å². The van der Waals surface area contributed by atoms with Gasteiger partial charge < -0.3 is 4.74 Å². The number of hydrogen-bond acceptors (Lipinski definition) is 1. The average Bonchev–Trinajstić information content (AvgIpc) is 2.60. The first-order chi connectivity index (χ1) is 11.7. The molecule has 2 aromatic carbocycles. The van der Waals surface area contributed by atoms with Crippen LogP contribution in [0.2, 0.25) is 5.02 Å². The Labute approximate surface area is 151 Å². The Morgan fingerprint density at radius 3 is 2.38 bits per heavy atom. The molecule has 0 aliphatic heterocycles. The fraction of sp³-hybridized carbons (Fsp3) is 0.455. The van der Waals surface area contributed by atoms with Gasteiger partial charge >= 0.3 is 0 Å². The highest BCUT2D eigenvalue weighted by molar-refractivity contribution is 6.31. The molecule has 2 heteroatoms. The van der Waals surface area contributed by atoms with E-state index < -0.39 is 0 Å². The summed E-state index contributed by atoms with van der Waals surface area (Å²) in [6.07, 6.45) is 6.20. The summed E-state index contributed by atoms with van der Waals surface area (Å²) in [7, 11) is 0. The predicted molar refractivity (Wildman–Crippen MR) is 102 cm³/mol. The Morgan fingerprint density at radius 1 is 1.00 bits per heavy atom. The van der Waals surface area contributed by atoms with Gasteiger partial charge in [0.05, 0.1) is 6.61 Å². The van der Waals surface area contributed by atoms with Crippen LogP contribution in [0.15, 0.2) is 42.5 Å². The van der Waals surface area contributed by atoms with Crippen molar-refractivity contribution in [2.24, 2.45) is 5.92 Å². The fourth-order valence-corrected chi connectivity index (χ4v) is 3.85. The molecule has 3 rings (SSSR count). The van der Waals surface area contributed by atoms with Gasteiger partial charge in [-0.3, -0.25) is 0 Å². The summed E-state index contributed by atoms with van der Waals surface area (Å²) in [6.45, 7) is 5.08. The number of benzene rings is 2. The number of rotatable bonds is 5. The third kappa shape index (κ3) is 4.33. The van der Waals surface area contributed by atoms with E-state index >= 15 is 0 Å². The molecule has 0 radical (unpaired) electrons. The van der Waals surface area contributed by atoms with Crippen molar-refractivity contribution in [1.29, 1.82) is 0 Å². The second kappa shape index (κ2) is 8.07. The molecule has 2 aromatic rings. The minimum absolute atomic E-state index is 0.702. The Balaban J connectivity index is 1.74. The van der Waals surface area contributed by atoms with Gasteiger partial charge in [-0.1, -0.05) is 55.6 Å². The lowest BCUT2D eigenvalue weighted by Gasteiger charge is -2.27. The molecule has 0 N–H and O–H groups in total. The lowest BCUT2D eigenvalue weighted by molar-refractivity contribution is 0.340. The van der Waals surface area contributed by atoms with Gasteiger partial charge in [-0.05, 0) is 72.9 Å². The topological polar surface area (TPSA) is 9.23 Å². The van der Waals surface area contributed by atoms with Crippen LogP contribution in [0, 0.1) is 5.92 Å². The molecule has 0 aromatic heterocycles. The van der Waals surface area contributed by atoms with Crippen LogP contribution < -0.4 is 4.74 Å². The molecule has 1 fully saturated rings. The van der Waals surface area contributed by atoms with Crippen molar-refractivity contribution < 1.29 is 4.74 Å². The van der Waals surface area contributed by atoms with E-state index in [0.717, 1.165) is 23.1 Å². The zero-order chi connectivity index (χ0) is 16.9. The SMILES string of the molecule is CCOc1ccc(Cc2cc(C3CCC(C)CC3)ccc2Cl)cc1. The van der Waals surface area contributed by atoms with Crippen LogP contribution in [0.4, 0.5) is 0 Å². The molecule has 24 heavy (non-hydrogen) atoms. The summed E-state index contributed by atoms with van der Waals surface area (Å²) in [5.41, 5.74) is 3.97. The normalized spacial score (nSPS) is 20.8. The quantitative estimate of drug-likeness (QED) is 0.593. The molecule has 1 saturated carbocycles. The van der Waals surface area contributed by atoms with Gasteiger partial charge in [-0.25, -0.2) is 0 Å². The van der Waals surface area contributed by atoms with Gasteiger partial charge in [-0.15, -0.1) is 0 Å². The van der Waals surface area contributed by atoms with Crippen LogP contribution in [-0.4, -0.2) is 6.61 Å². The van der Waals surface area contributed by atoms with E-state index in [1.54, 1.807) is 0 Å². The first kappa shape index (κ1) is 17.4. The van der Waals surface area contributed by atoms with Crippen LogP contribution in [0.25, 0.3) is 0 Å². The van der Waals surface area contributed by atoms with E-state index in [-0.39, 0.29) is 0 Å². The second-order valence-corrected chi connectivity index (χ2v) is 7.47. The van der Waals surface area contributed by atoms with Crippen molar-refractivity contribution in [2.75, 3.05) is 6.61 Å². The van der Waals surface area contributed by atoms with Crippen molar-refractivity contribution in [1.82, 2.24) is 0 Å². The van der Waals surface area contributed by atoms with Crippen molar-refractivity contribution in [2.45, 2.75) is 51.9 Å². The Bertz CT molecular complexity index is 654. The molecular weight excluding hydrogens is 316 g/mol. The van der Waals surface area contributed by atoms with Crippen molar-refractivity contribution in [3.8, 4) is 5.75 Å². The van der Waals surface area contributed by atoms with Crippen molar-refractivity contribution >= 4 is 11.6 Å². The fourth-order valence-electron chi connectivity index (χ4n) is 3.67. The van der Waals surface area contributed by atoms with E-state index in [9.17, 15) is 0 Å². The molecule has 0 amide bonds. The number of halogens is 1. The molecule has 0 heterocycles. The summed E-state index contributed by atoms with van der Waals surface area (Å²) in [4.78, 5) is 0. The maximum atomic E-state index is 6.46. The molecule has 0 atom stereocenters. The lowest BCUT2D eigenvalue weighted by atomic mass is 9.79. The summed E-state index contributed by atoms with van der Waals surface area (Å²) >= 11 is 6.46. The smallest absolute Gasteiger partial charge is 0.119 e. The summed E-state index contributed by atoms with van der Waals surface area (Å²) in [6, 6.07) is 15.0. The van der Waals surface area contributed by atoms with E-state index in [1.165, 1.54) is 42.4 Å². The second-order valence-electron chi connectivity index (χ2n) is 7.06. The largest absolute Gasteiger partial charge is 0.494 e. The van der Waals surface area contributed by atoms with Crippen LogP contribution >= 0.6 is 11.6 Å². The third-order valence-electron chi connectivity index (χ3n) is 5.19. The minimum Gasteiger partial charge on any atom is -0.494 e. The van der Waals surface area contributed by atoms with Gasteiger partial charge in [0.1, 0.15) is 5.75 Å². The molecule has 1 nitrogen and oxygen atoms in total. The number of hydrogen-bond donors (Lipinski definition) is 0. The summed E-state index contributed by atoms with van der Waals surface area (Å²) < 4.78 is 5.52. The van der Waals surface area contributed by atoms with E-state index in [0.29, 0.717) is 12.5 Å². The Hall–Kier alpha value is -1.47. The Morgan fingerprint density at radius 2 is 1.71 bits per heavy atom. The van der Waals surface area contributed by atoms with E-state index in [4.69, 9.17) is 16.3 Å². The molecular formula is C22H27ClO. The highest BCUT2D eigenvalue weighted by atomic mass is 35.5. The van der Waals surface area contributed by atoms with Gasteiger partial charge in [0, 0.05) is 5.02 Å². The van der Waals surface area contributed by atoms with Crippen molar-refractivity contribution in [3.05, 3.63) is 64.2 Å². The number of ether oxygens (including phenoxy) is 1. The van der Waals surface area contributed by atoms with E-state index in [1.807, 2.05) is 19.1 Å². The highest BCUT2D eigenvalue weighted by Crippen LogP contribution is 2.37. The zero-order valence-electron chi connectivity index (χ0n) is 14.7. The molecule has 128 valence electrons. The van der Waals surface area contributed by atoms with Crippen LogP contribution in [0.5, 0.6) is 5.75 Å². The minimum atomic E-state index is 0.702. The van der Waals surface area contributed by atoms with Gasteiger partial charge in [0.2, 0.25) is 0 Å². The summed E-state index contributed by atoms with van der Waals surface area (Å²) in [5, 5.41) is 0.872. The van der Waals surface area contributed by atoms with Crippen molar-refractivity contribution in [3.63, 3.8) is 0 Å². The van der Waals surface area contributed by atoms with Crippen LogP contribution in [0.3, 0.4) is 0 Å². The maximum absolute atomic E-state index is 6.46. The first-order valence-corrected chi connectivity index (χ1v) is 9.53. The molecule has 0 unspecified atom stereocenters. The van der Waals surface area contributed by atoms with Crippen LogP contribution in [0.1, 0.15) is 62.1 Å². The first-order valence-electron chi connectivity index (χ1n) is 9.15. The molecule has 0 bridgehead atoms. The predicted octanol–water partition coefficient (Wildman–Crippen LogP) is 6.62. The summed E-state index contributed by atoms with van der Waals surface area (Å²) in [5.74, 6) is 2.52. The molecule has 1 aliphatic rings. The van der Waals surface area contributed by atoms with Gasteiger partial charge in [0.25, 0.3) is 0 Å². The Kier molecular flexibility index (Phi) is 5.84. The standard InChI is InChI=1S/C22H27ClO/c1-3-24-21-11-6-17(7-12-21)14-20-15-19(10-13-22(20)23)18-8-4-16(2)5-9-18/h6-7,10-13,15-16,18H,3-5,8-9,14H2,1-2H3.